The van der Waals surface area contributed by atoms with Gasteiger partial charge in [-0.3, -0.25) is 14.8 Å². The highest BCUT2D eigenvalue weighted by Crippen LogP contribution is 2.16. The van der Waals surface area contributed by atoms with Gasteiger partial charge in [-0.25, -0.2) is 9.78 Å². The molecule has 2 aromatic heterocycles. The third-order valence-corrected chi connectivity index (χ3v) is 4.58. The molecular weight excluding hydrogens is 368 g/mol. The molecular formula is C22H18N4O3. The highest BCUT2D eigenvalue weighted by molar-refractivity contribution is 6.06. The van der Waals surface area contributed by atoms with E-state index < -0.39 is 17.9 Å². The van der Waals surface area contributed by atoms with Crippen LogP contribution in [0.15, 0.2) is 67.0 Å². The Hall–Kier alpha value is -3.87. The first-order valence-electron chi connectivity index (χ1n) is 9.09. The van der Waals surface area contributed by atoms with E-state index in [1.165, 1.54) is 7.11 Å². The second kappa shape index (κ2) is 8.02. The molecule has 144 valence electrons. The number of pyridine rings is 1. The molecule has 1 atom stereocenters. The molecule has 0 aliphatic rings. The standard InChI is InChI=1S/C22H18N4O3/c1-29-22(28)19(12-15-13-24-17-9-2-3-10-18(17)25-15)26-21(27)16-8-4-6-14-7-5-11-23-20(14)16/h2-11,13,19H,12H2,1H3,(H,26,27)/t19-/m1/s1. The number of carbonyl (C=O) groups is 2. The summed E-state index contributed by atoms with van der Waals surface area (Å²) in [6.07, 6.45) is 3.39. The topological polar surface area (TPSA) is 94.1 Å². The molecule has 0 saturated carbocycles. The van der Waals surface area contributed by atoms with Crippen LogP contribution in [0, 0.1) is 0 Å². The summed E-state index contributed by atoms with van der Waals surface area (Å²) in [7, 11) is 1.28. The van der Waals surface area contributed by atoms with E-state index in [0.717, 1.165) is 16.4 Å². The van der Waals surface area contributed by atoms with Crippen molar-refractivity contribution < 1.29 is 14.3 Å². The SMILES string of the molecule is COC(=O)[C@@H](Cc1cnc2ccccc2n1)NC(=O)c1cccc2cccnc12. The minimum atomic E-state index is -0.901. The first-order valence-corrected chi connectivity index (χ1v) is 9.09. The molecule has 29 heavy (non-hydrogen) atoms. The summed E-state index contributed by atoms with van der Waals surface area (Å²) in [4.78, 5) is 38.4. The van der Waals surface area contributed by atoms with Crippen molar-refractivity contribution in [2.75, 3.05) is 7.11 Å². The maximum atomic E-state index is 12.9. The van der Waals surface area contributed by atoms with Crippen LogP contribution < -0.4 is 5.32 Å². The minimum absolute atomic E-state index is 0.161. The van der Waals surface area contributed by atoms with Crippen LogP contribution in [0.25, 0.3) is 21.9 Å². The molecule has 0 radical (unpaired) electrons. The van der Waals surface area contributed by atoms with E-state index >= 15 is 0 Å². The Kier molecular flexibility index (Phi) is 5.11. The van der Waals surface area contributed by atoms with Crippen LogP contribution >= 0.6 is 0 Å². The molecule has 2 aromatic carbocycles. The van der Waals surface area contributed by atoms with Gasteiger partial charge in [0.15, 0.2) is 0 Å². The van der Waals surface area contributed by atoms with E-state index in [1.54, 1.807) is 30.6 Å². The van der Waals surface area contributed by atoms with Gasteiger partial charge < -0.3 is 10.1 Å². The van der Waals surface area contributed by atoms with Crippen molar-refractivity contribution >= 4 is 33.8 Å². The molecule has 2 heterocycles. The second-order valence-electron chi connectivity index (χ2n) is 6.48. The van der Waals surface area contributed by atoms with Crippen molar-refractivity contribution in [3.05, 3.63) is 78.2 Å². The van der Waals surface area contributed by atoms with Crippen molar-refractivity contribution in [2.24, 2.45) is 0 Å². The van der Waals surface area contributed by atoms with E-state index in [2.05, 4.69) is 20.3 Å². The maximum absolute atomic E-state index is 12.9. The van der Waals surface area contributed by atoms with Crippen LogP contribution in [0.4, 0.5) is 0 Å². The normalized spacial score (nSPS) is 11.9. The fraction of sp³-hybridized carbons (Fsp3) is 0.136. The van der Waals surface area contributed by atoms with Gasteiger partial charge >= 0.3 is 5.97 Å². The zero-order valence-corrected chi connectivity index (χ0v) is 15.7. The first kappa shape index (κ1) is 18.5. The number of amides is 1. The fourth-order valence-corrected chi connectivity index (χ4v) is 3.16. The molecule has 0 spiro atoms. The number of benzene rings is 2. The lowest BCUT2D eigenvalue weighted by Gasteiger charge is -2.17. The summed E-state index contributed by atoms with van der Waals surface area (Å²) in [6, 6.07) is 15.6. The molecule has 7 heteroatoms. The molecule has 7 nitrogen and oxygen atoms in total. The van der Waals surface area contributed by atoms with Crippen molar-refractivity contribution in [1.29, 1.82) is 0 Å². The summed E-state index contributed by atoms with van der Waals surface area (Å²) < 4.78 is 4.88. The fourth-order valence-electron chi connectivity index (χ4n) is 3.16. The Morgan fingerprint density at radius 3 is 2.62 bits per heavy atom. The van der Waals surface area contributed by atoms with Crippen LogP contribution in [0.5, 0.6) is 0 Å². The van der Waals surface area contributed by atoms with Crippen molar-refractivity contribution in [3.63, 3.8) is 0 Å². The zero-order valence-electron chi connectivity index (χ0n) is 15.7. The summed E-state index contributed by atoms with van der Waals surface area (Å²) >= 11 is 0. The van der Waals surface area contributed by atoms with Gasteiger partial charge in [-0.05, 0) is 24.3 Å². The number of hydrogen-bond donors (Lipinski definition) is 1. The Labute approximate surface area is 166 Å². The predicted molar refractivity (Wildman–Crippen MR) is 108 cm³/mol. The average molecular weight is 386 g/mol. The molecule has 4 aromatic rings. The van der Waals surface area contributed by atoms with Crippen LogP contribution in [-0.2, 0) is 16.0 Å². The number of para-hydroxylation sites is 3. The average Bonchev–Trinajstić information content (AvgIpc) is 2.77. The van der Waals surface area contributed by atoms with Gasteiger partial charge in [0.2, 0.25) is 0 Å². The molecule has 0 aliphatic carbocycles. The number of nitrogens with zero attached hydrogens (tertiary/aromatic N) is 3. The zero-order chi connectivity index (χ0) is 20.2. The van der Waals surface area contributed by atoms with Gasteiger partial charge in [0, 0.05) is 24.2 Å². The van der Waals surface area contributed by atoms with Gasteiger partial charge in [0.25, 0.3) is 5.91 Å². The number of fused-ring (bicyclic) bond motifs is 2. The summed E-state index contributed by atoms with van der Waals surface area (Å²) in [5.74, 6) is -0.958. The molecule has 1 amide bonds. The summed E-state index contributed by atoms with van der Waals surface area (Å²) in [5, 5.41) is 3.59. The molecule has 4 rings (SSSR count). The highest BCUT2D eigenvalue weighted by Gasteiger charge is 2.24. The summed E-state index contributed by atoms with van der Waals surface area (Å²) in [6.45, 7) is 0. The maximum Gasteiger partial charge on any atom is 0.328 e. The van der Waals surface area contributed by atoms with Crippen LogP contribution in [0.2, 0.25) is 0 Å². The number of aromatic nitrogens is 3. The smallest absolute Gasteiger partial charge is 0.328 e. The molecule has 1 N–H and O–H groups in total. The Morgan fingerprint density at radius 1 is 1.00 bits per heavy atom. The van der Waals surface area contributed by atoms with E-state index in [0.29, 0.717) is 16.8 Å². The lowest BCUT2D eigenvalue weighted by molar-refractivity contribution is -0.142. The van der Waals surface area contributed by atoms with Crippen LogP contribution in [0.1, 0.15) is 16.1 Å². The van der Waals surface area contributed by atoms with Crippen LogP contribution in [-0.4, -0.2) is 40.0 Å². The van der Waals surface area contributed by atoms with Gasteiger partial charge in [-0.1, -0.05) is 30.3 Å². The van der Waals surface area contributed by atoms with E-state index in [4.69, 9.17) is 4.74 Å². The quantitative estimate of drug-likeness (QED) is 0.530. The third kappa shape index (κ3) is 3.89. The molecule has 0 fully saturated rings. The second-order valence-corrected chi connectivity index (χ2v) is 6.48. The van der Waals surface area contributed by atoms with Gasteiger partial charge in [-0.15, -0.1) is 0 Å². The monoisotopic (exact) mass is 386 g/mol. The molecule has 0 aliphatic heterocycles. The summed E-state index contributed by atoms with van der Waals surface area (Å²) in [5.41, 5.74) is 3.02. The van der Waals surface area contributed by atoms with Crippen molar-refractivity contribution in [3.8, 4) is 0 Å². The van der Waals surface area contributed by atoms with Gasteiger partial charge in [0.1, 0.15) is 6.04 Å². The first-order chi connectivity index (χ1) is 14.2. The van der Waals surface area contributed by atoms with Gasteiger partial charge in [0.05, 0.1) is 34.9 Å². The minimum Gasteiger partial charge on any atom is -0.467 e. The predicted octanol–water partition coefficient (Wildman–Crippen LogP) is 2.69. The Bertz CT molecular complexity index is 1200. The van der Waals surface area contributed by atoms with E-state index in [1.807, 2.05) is 36.4 Å². The Balaban J connectivity index is 1.61. The van der Waals surface area contributed by atoms with E-state index in [9.17, 15) is 9.59 Å². The molecule has 0 bridgehead atoms. The number of hydrogen-bond acceptors (Lipinski definition) is 6. The number of methoxy groups -OCH3 is 1. The molecule has 0 saturated heterocycles. The van der Waals surface area contributed by atoms with Crippen LogP contribution in [0.3, 0.4) is 0 Å². The third-order valence-electron chi connectivity index (χ3n) is 4.58. The Morgan fingerprint density at radius 2 is 1.79 bits per heavy atom. The highest BCUT2D eigenvalue weighted by atomic mass is 16.5. The van der Waals surface area contributed by atoms with E-state index in [-0.39, 0.29) is 6.42 Å². The number of rotatable bonds is 5. The number of carbonyl (C=O) groups excluding carboxylic acids is 2. The lowest BCUT2D eigenvalue weighted by atomic mass is 10.1. The van der Waals surface area contributed by atoms with Crippen molar-refractivity contribution in [2.45, 2.75) is 12.5 Å². The molecule has 0 unspecified atom stereocenters. The number of esters is 1. The number of nitrogens with one attached hydrogen (secondary N) is 1. The lowest BCUT2D eigenvalue weighted by Crippen LogP contribution is -2.43. The largest absolute Gasteiger partial charge is 0.467 e. The van der Waals surface area contributed by atoms with Gasteiger partial charge in [-0.2, -0.15) is 0 Å². The van der Waals surface area contributed by atoms with Crippen molar-refractivity contribution in [1.82, 2.24) is 20.3 Å². The number of ether oxygens (including phenoxy) is 1.